The van der Waals surface area contributed by atoms with Gasteiger partial charge in [0.1, 0.15) is 5.76 Å². The Morgan fingerprint density at radius 1 is 1.35 bits per heavy atom. The van der Waals surface area contributed by atoms with Gasteiger partial charge in [0.05, 0.1) is 17.1 Å². The molecule has 0 atom stereocenters. The van der Waals surface area contributed by atoms with Crippen LogP contribution in [0, 0.1) is 17.4 Å². The number of hydrogen-bond acceptors (Lipinski definition) is 4. The highest BCUT2D eigenvalue weighted by atomic mass is 127. The van der Waals surface area contributed by atoms with Gasteiger partial charge in [-0.15, -0.1) is 0 Å². The van der Waals surface area contributed by atoms with E-state index < -0.39 is 0 Å². The largest absolute Gasteiger partial charge is 0.397 e. The fourth-order valence-electron chi connectivity index (χ4n) is 1.93. The molecule has 0 unspecified atom stereocenters. The maximum absolute atomic E-state index is 6.02. The van der Waals surface area contributed by atoms with Crippen molar-refractivity contribution in [2.24, 2.45) is 0 Å². The highest BCUT2D eigenvalue weighted by molar-refractivity contribution is 14.1. The molecule has 0 spiro atoms. The molecule has 0 saturated heterocycles. The SMILES string of the molecule is CNc1c(N)cc(-c2c(C)noc2C)cc1I. The smallest absolute Gasteiger partial charge is 0.141 e. The predicted molar refractivity (Wildman–Crippen MR) is 78.1 cm³/mol. The van der Waals surface area contributed by atoms with E-state index in [1.165, 1.54) is 0 Å². The number of anilines is 2. The van der Waals surface area contributed by atoms with Gasteiger partial charge in [0.15, 0.2) is 0 Å². The van der Waals surface area contributed by atoms with Gasteiger partial charge in [-0.05, 0) is 54.1 Å². The Balaban J connectivity index is 2.62. The lowest BCUT2D eigenvalue weighted by Gasteiger charge is -2.10. The van der Waals surface area contributed by atoms with E-state index in [9.17, 15) is 0 Å². The number of nitrogen functional groups attached to an aromatic ring is 1. The number of hydrogen-bond donors (Lipinski definition) is 2. The fourth-order valence-corrected chi connectivity index (χ4v) is 2.85. The molecule has 1 heterocycles. The van der Waals surface area contributed by atoms with Gasteiger partial charge in [-0.2, -0.15) is 0 Å². The van der Waals surface area contributed by atoms with Gasteiger partial charge in [0.2, 0.25) is 0 Å². The number of aryl methyl sites for hydroxylation is 2. The summed E-state index contributed by atoms with van der Waals surface area (Å²) in [5.41, 5.74) is 10.7. The van der Waals surface area contributed by atoms with Crippen molar-refractivity contribution in [3.8, 4) is 11.1 Å². The fraction of sp³-hybridized carbons (Fsp3) is 0.250. The summed E-state index contributed by atoms with van der Waals surface area (Å²) in [6.07, 6.45) is 0. The van der Waals surface area contributed by atoms with Gasteiger partial charge in [-0.25, -0.2) is 0 Å². The summed E-state index contributed by atoms with van der Waals surface area (Å²) in [5.74, 6) is 0.815. The van der Waals surface area contributed by atoms with Crippen LogP contribution in [0.2, 0.25) is 0 Å². The van der Waals surface area contributed by atoms with Crippen LogP contribution in [-0.2, 0) is 0 Å². The predicted octanol–water partition coefficient (Wildman–Crippen LogP) is 3.19. The average molecular weight is 343 g/mol. The van der Waals surface area contributed by atoms with Crippen LogP contribution in [0.5, 0.6) is 0 Å². The quantitative estimate of drug-likeness (QED) is 0.649. The molecule has 2 rings (SSSR count). The van der Waals surface area contributed by atoms with E-state index >= 15 is 0 Å². The molecule has 3 N–H and O–H groups in total. The van der Waals surface area contributed by atoms with Crippen molar-refractivity contribution in [1.29, 1.82) is 0 Å². The minimum atomic E-state index is 0.731. The van der Waals surface area contributed by atoms with Gasteiger partial charge in [-0.3, -0.25) is 0 Å². The number of benzene rings is 1. The second-order valence-electron chi connectivity index (χ2n) is 3.87. The molecule has 0 aliphatic rings. The molecular formula is C12H14IN3O. The minimum Gasteiger partial charge on any atom is -0.397 e. The van der Waals surface area contributed by atoms with Crippen molar-refractivity contribution >= 4 is 34.0 Å². The zero-order valence-corrected chi connectivity index (χ0v) is 12.1. The molecule has 4 nitrogen and oxygen atoms in total. The summed E-state index contributed by atoms with van der Waals surface area (Å²) in [6, 6.07) is 4.02. The van der Waals surface area contributed by atoms with Crippen LogP contribution < -0.4 is 11.1 Å². The Morgan fingerprint density at radius 2 is 2.06 bits per heavy atom. The second-order valence-corrected chi connectivity index (χ2v) is 5.03. The molecule has 17 heavy (non-hydrogen) atoms. The third-order valence-corrected chi connectivity index (χ3v) is 3.54. The van der Waals surface area contributed by atoms with Crippen molar-refractivity contribution in [2.45, 2.75) is 13.8 Å². The molecule has 5 heteroatoms. The van der Waals surface area contributed by atoms with Gasteiger partial charge < -0.3 is 15.6 Å². The highest BCUT2D eigenvalue weighted by Gasteiger charge is 2.14. The van der Waals surface area contributed by atoms with E-state index in [2.05, 4.69) is 39.1 Å². The zero-order chi connectivity index (χ0) is 12.6. The van der Waals surface area contributed by atoms with Crippen molar-refractivity contribution in [1.82, 2.24) is 5.16 Å². The van der Waals surface area contributed by atoms with Crippen molar-refractivity contribution < 1.29 is 4.52 Å². The number of aromatic nitrogens is 1. The maximum atomic E-state index is 6.02. The molecule has 0 aliphatic carbocycles. The summed E-state index contributed by atoms with van der Waals surface area (Å²) in [5, 5.41) is 7.05. The summed E-state index contributed by atoms with van der Waals surface area (Å²) >= 11 is 2.27. The number of rotatable bonds is 2. The third-order valence-electron chi connectivity index (χ3n) is 2.69. The van der Waals surface area contributed by atoms with Crippen LogP contribution in [0.15, 0.2) is 16.7 Å². The topological polar surface area (TPSA) is 64.1 Å². The molecular weight excluding hydrogens is 329 g/mol. The Kier molecular flexibility index (Phi) is 3.28. The lowest BCUT2D eigenvalue weighted by atomic mass is 10.0. The Hall–Kier alpha value is -1.24. The number of halogens is 1. The van der Waals surface area contributed by atoms with Crippen LogP contribution in [0.25, 0.3) is 11.1 Å². The van der Waals surface area contributed by atoms with Gasteiger partial charge >= 0.3 is 0 Å². The van der Waals surface area contributed by atoms with E-state index in [4.69, 9.17) is 10.3 Å². The lowest BCUT2D eigenvalue weighted by Crippen LogP contribution is -1.99. The Labute approximate surface area is 114 Å². The van der Waals surface area contributed by atoms with Gasteiger partial charge in [0.25, 0.3) is 0 Å². The third kappa shape index (κ3) is 2.11. The average Bonchev–Trinajstić information content (AvgIpc) is 2.58. The molecule has 1 aromatic heterocycles. The second kappa shape index (κ2) is 4.56. The van der Waals surface area contributed by atoms with Crippen molar-refractivity contribution in [3.05, 3.63) is 27.2 Å². The molecule has 2 aromatic rings. The molecule has 90 valence electrons. The van der Waals surface area contributed by atoms with Crippen molar-refractivity contribution in [3.63, 3.8) is 0 Å². The van der Waals surface area contributed by atoms with E-state index in [0.29, 0.717) is 0 Å². The molecule has 1 aromatic carbocycles. The summed E-state index contributed by atoms with van der Waals surface area (Å²) < 4.78 is 6.26. The molecule has 0 bridgehead atoms. The van der Waals surface area contributed by atoms with Crippen LogP contribution in [0.1, 0.15) is 11.5 Å². The zero-order valence-electron chi connectivity index (χ0n) is 9.97. The normalized spacial score (nSPS) is 10.6. The molecule has 0 aliphatic heterocycles. The Bertz CT molecular complexity index is 520. The first-order chi connectivity index (χ1) is 8.04. The van der Waals surface area contributed by atoms with Gasteiger partial charge in [0, 0.05) is 16.2 Å². The first-order valence-corrected chi connectivity index (χ1v) is 6.32. The summed E-state index contributed by atoms with van der Waals surface area (Å²) in [7, 11) is 1.86. The van der Waals surface area contributed by atoms with Crippen LogP contribution >= 0.6 is 22.6 Å². The summed E-state index contributed by atoms with van der Waals surface area (Å²) in [6.45, 7) is 3.84. The molecule has 0 radical (unpaired) electrons. The van der Waals surface area contributed by atoms with E-state index in [1.807, 2.05) is 27.0 Å². The highest BCUT2D eigenvalue weighted by Crippen LogP contribution is 2.34. The molecule has 0 amide bonds. The number of nitrogens with one attached hydrogen (secondary N) is 1. The van der Waals surface area contributed by atoms with E-state index in [-0.39, 0.29) is 0 Å². The Morgan fingerprint density at radius 3 is 2.53 bits per heavy atom. The monoisotopic (exact) mass is 343 g/mol. The van der Waals surface area contributed by atoms with Gasteiger partial charge in [-0.1, -0.05) is 5.16 Å². The lowest BCUT2D eigenvalue weighted by molar-refractivity contribution is 0.393. The molecule has 0 saturated carbocycles. The van der Waals surface area contributed by atoms with Crippen molar-refractivity contribution in [2.75, 3.05) is 18.1 Å². The van der Waals surface area contributed by atoms with Crippen LogP contribution in [0.4, 0.5) is 11.4 Å². The first kappa shape index (κ1) is 12.2. The van der Waals surface area contributed by atoms with Crippen LogP contribution in [-0.4, -0.2) is 12.2 Å². The van der Waals surface area contributed by atoms with Crippen LogP contribution in [0.3, 0.4) is 0 Å². The molecule has 0 fully saturated rings. The van der Waals surface area contributed by atoms with E-state index in [1.54, 1.807) is 0 Å². The maximum Gasteiger partial charge on any atom is 0.141 e. The first-order valence-electron chi connectivity index (χ1n) is 5.24. The minimum absolute atomic E-state index is 0.731. The summed E-state index contributed by atoms with van der Waals surface area (Å²) in [4.78, 5) is 0. The number of nitrogens with two attached hydrogens (primary N) is 1. The number of nitrogens with zero attached hydrogens (tertiary/aromatic N) is 1. The standard InChI is InChI=1S/C12H14IN3O/c1-6-11(7(2)17-16-6)8-4-9(13)12(15-3)10(14)5-8/h4-5,15H,14H2,1-3H3. The van der Waals surface area contributed by atoms with E-state index in [0.717, 1.165) is 37.5 Å².